The average molecular weight is 789 g/mol. The van der Waals surface area contributed by atoms with Gasteiger partial charge in [0.25, 0.3) is 0 Å². The molecule has 0 spiro atoms. The predicted octanol–water partition coefficient (Wildman–Crippen LogP) is 10.7. The zero-order valence-corrected chi connectivity index (χ0v) is 37.9. The Morgan fingerprint density at radius 3 is 0.821 bits per heavy atom. The Labute approximate surface area is 346 Å². The molecule has 0 atom stereocenters. The average Bonchev–Trinajstić information content (AvgIpc) is 3.80. The first kappa shape index (κ1) is 55.5. The van der Waals surface area contributed by atoms with E-state index in [1.807, 2.05) is 14.1 Å². The lowest BCUT2D eigenvalue weighted by Crippen LogP contribution is -2.23. The Hall–Kier alpha value is -2.64. The Balaban J connectivity index is 0. The van der Waals surface area contributed by atoms with Gasteiger partial charge in [-0.2, -0.15) is 0 Å². The molecule has 8 nitrogen and oxygen atoms in total. The molecule has 0 fully saturated rings. The van der Waals surface area contributed by atoms with Crippen LogP contribution in [0.5, 0.6) is 0 Å². The number of aryl methyl sites for hydroxylation is 4. The normalized spacial score (nSPS) is 10.5. The minimum atomic E-state index is -0.905. The SMILES string of the molecule is CCCCCCCCCCCCCCCC(=O)[O-].CCCCCCCCCCCCCCCC(=O)[O-].CCCCn1cc[n+](C)c1.CCCCn1cc[n+](C)c1. The number of nitrogens with zero attached hydrogens (tertiary/aromatic N) is 4. The van der Waals surface area contributed by atoms with Crippen molar-refractivity contribution < 1.29 is 28.9 Å². The van der Waals surface area contributed by atoms with Gasteiger partial charge in [0.2, 0.25) is 12.7 Å². The number of hydrogen-bond acceptors (Lipinski definition) is 4. The number of carbonyl (C=O) groups is 2. The van der Waals surface area contributed by atoms with Crippen molar-refractivity contribution in [2.24, 2.45) is 14.1 Å². The van der Waals surface area contributed by atoms with Crippen molar-refractivity contribution in [1.82, 2.24) is 9.13 Å². The smallest absolute Gasteiger partial charge is 0.243 e. The molecule has 0 N–H and O–H groups in total. The zero-order chi connectivity index (χ0) is 41.7. The summed E-state index contributed by atoms with van der Waals surface area (Å²) in [6.45, 7) is 11.2. The molecule has 0 aliphatic rings. The fraction of sp³-hybridized carbons (Fsp3) is 0.833. The molecule has 0 aliphatic carbocycles. The van der Waals surface area contributed by atoms with E-state index in [9.17, 15) is 19.8 Å². The van der Waals surface area contributed by atoms with Crippen LogP contribution < -0.4 is 19.3 Å². The number of unbranched alkanes of at least 4 members (excludes halogenated alkanes) is 26. The lowest BCUT2D eigenvalue weighted by atomic mass is 10.0. The number of carboxylic acids is 2. The van der Waals surface area contributed by atoms with Gasteiger partial charge in [-0.3, -0.25) is 0 Å². The van der Waals surface area contributed by atoms with Gasteiger partial charge in [-0.25, -0.2) is 18.3 Å². The molecule has 2 rings (SSSR count). The first-order chi connectivity index (χ1) is 27.2. The van der Waals surface area contributed by atoms with Gasteiger partial charge >= 0.3 is 0 Å². The van der Waals surface area contributed by atoms with Crippen LogP contribution in [0, 0.1) is 0 Å². The fourth-order valence-electron chi connectivity index (χ4n) is 6.52. The maximum Gasteiger partial charge on any atom is 0.243 e. The van der Waals surface area contributed by atoms with E-state index in [1.165, 1.54) is 167 Å². The van der Waals surface area contributed by atoms with Crippen molar-refractivity contribution in [3.63, 3.8) is 0 Å². The van der Waals surface area contributed by atoms with Gasteiger partial charge in [0.15, 0.2) is 0 Å². The monoisotopic (exact) mass is 789 g/mol. The summed E-state index contributed by atoms with van der Waals surface area (Å²) in [4.78, 5) is 20.4. The third kappa shape index (κ3) is 45.7. The molecular weight excluding hydrogens is 697 g/mol. The summed E-state index contributed by atoms with van der Waals surface area (Å²) in [5.41, 5.74) is 0. The number of imidazole rings is 2. The Morgan fingerprint density at radius 1 is 0.393 bits per heavy atom. The lowest BCUT2D eigenvalue weighted by molar-refractivity contribution is -0.671. The molecule has 328 valence electrons. The van der Waals surface area contributed by atoms with Crippen LogP contribution >= 0.6 is 0 Å². The van der Waals surface area contributed by atoms with Crippen LogP contribution in [-0.4, -0.2) is 21.1 Å². The number of aromatic nitrogens is 4. The first-order valence-electron chi connectivity index (χ1n) is 23.6. The maximum atomic E-state index is 10.2. The molecule has 56 heavy (non-hydrogen) atoms. The summed E-state index contributed by atoms with van der Waals surface area (Å²) in [6, 6.07) is 0. The highest BCUT2D eigenvalue weighted by Gasteiger charge is 1.98. The van der Waals surface area contributed by atoms with Crippen molar-refractivity contribution in [2.75, 3.05) is 0 Å². The minimum absolute atomic E-state index is 0.234. The van der Waals surface area contributed by atoms with Crippen LogP contribution in [-0.2, 0) is 36.8 Å². The molecule has 0 saturated heterocycles. The predicted molar refractivity (Wildman–Crippen MR) is 232 cm³/mol. The van der Waals surface area contributed by atoms with E-state index in [-0.39, 0.29) is 12.8 Å². The highest BCUT2D eigenvalue weighted by atomic mass is 16.4. The quantitative estimate of drug-likeness (QED) is 0.0521. The van der Waals surface area contributed by atoms with E-state index in [4.69, 9.17) is 0 Å². The number of carboxylic acid groups (broad SMARTS) is 2. The van der Waals surface area contributed by atoms with Crippen molar-refractivity contribution >= 4 is 11.9 Å². The molecule has 2 aromatic rings. The second-order valence-corrected chi connectivity index (χ2v) is 16.1. The Morgan fingerprint density at radius 2 is 0.625 bits per heavy atom. The first-order valence-corrected chi connectivity index (χ1v) is 23.6. The third-order valence-corrected chi connectivity index (χ3v) is 10.2. The molecular formula is C48H92N4O4. The van der Waals surface area contributed by atoms with E-state index in [1.54, 1.807) is 0 Å². The van der Waals surface area contributed by atoms with Crippen LogP contribution in [0.1, 0.15) is 233 Å². The Bertz CT molecular complexity index is 999. The largest absolute Gasteiger partial charge is 0.550 e. The molecule has 0 radical (unpaired) electrons. The number of carbonyl (C=O) groups excluding carboxylic acids is 2. The minimum Gasteiger partial charge on any atom is -0.550 e. The molecule has 0 amide bonds. The molecule has 0 aromatic carbocycles. The molecule has 0 aliphatic heterocycles. The maximum absolute atomic E-state index is 10.2. The van der Waals surface area contributed by atoms with E-state index in [0.717, 1.165) is 38.8 Å². The second-order valence-electron chi connectivity index (χ2n) is 16.1. The van der Waals surface area contributed by atoms with Crippen LogP contribution in [0.4, 0.5) is 0 Å². The molecule has 0 unspecified atom stereocenters. The lowest BCUT2D eigenvalue weighted by Gasteiger charge is -2.03. The van der Waals surface area contributed by atoms with Crippen molar-refractivity contribution in [1.29, 1.82) is 0 Å². The fourth-order valence-corrected chi connectivity index (χ4v) is 6.52. The van der Waals surface area contributed by atoms with Crippen LogP contribution in [0.25, 0.3) is 0 Å². The van der Waals surface area contributed by atoms with E-state index >= 15 is 0 Å². The number of aliphatic carboxylic acids is 2. The van der Waals surface area contributed by atoms with Crippen molar-refractivity contribution in [2.45, 2.75) is 246 Å². The van der Waals surface area contributed by atoms with Gasteiger partial charge in [-0.05, 0) is 38.5 Å². The highest BCUT2D eigenvalue weighted by Crippen LogP contribution is 2.14. The standard InChI is InChI=1S/2C16H32O2.2C8H15N2/c2*1-2-3-4-5-6-7-8-9-10-11-12-13-14-15-16(17)18;2*1-3-4-5-10-7-6-9(2)8-10/h2*2-15H2,1H3,(H,17,18);2*6-8H,3-5H2,1-2H3/q;;2*+1/p-2. The summed E-state index contributed by atoms with van der Waals surface area (Å²) in [5.74, 6) is -1.81. The van der Waals surface area contributed by atoms with Crippen LogP contribution in [0.2, 0.25) is 0 Å². The summed E-state index contributed by atoms with van der Waals surface area (Å²) in [6.07, 6.45) is 51.5. The van der Waals surface area contributed by atoms with Crippen molar-refractivity contribution in [3.8, 4) is 0 Å². The van der Waals surface area contributed by atoms with E-state index < -0.39 is 11.9 Å². The van der Waals surface area contributed by atoms with Gasteiger partial charge in [0.1, 0.15) is 24.8 Å². The zero-order valence-electron chi connectivity index (χ0n) is 37.9. The van der Waals surface area contributed by atoms with Crippen LogP contribution in [0.15, 0.2) is 37.4 Å². The van der Waals surface area contributed by atoms with Gasteiger partial charge in [-0.15, -0.1) is 0 Å². The third-order valence-electron chi connectivity index (χ3n) is 10.2. The van der Waals surface area contributed by atoms with Gasteiger partial charge in [0, 0.05) is 11.9 Å². The Kier molecular flexibility index (Phi) is 44.6. The summed E-state index contributed by atoms with van der Waals surface area (Å²) in [5, 5.41) is 20.4. The number of rotatable bonds is 34. The summed E-state index contributed by atoms with van der Waals surface area (Å²) in [7, 11) is 4.09. The second kappa shape index (κ2) is 45.1. The van der Waals surface area contributed by atoms with Crippen molar-refractivity contribution in [3.05, 3.63) is 37.4 Å². The van der Waals surface area contributed by atoms with Crippen LogP contribution in [0.3, 0.4) is 0 Å². The summed E-state index contributed by atoms with van der Waals surface area (Å²) >= 11 is 0. The van der Waals surface area contributed by atoms with Gasteiger partial charge in [0.05, 0.1) is 27.2 Å². The number of hydrogen-bond donors (Lipinski definition) is 0. The van der Waals surface area contributed by atoms with E-state index in [0.29, 0.717) is 0 Å². The van der Waals surface area contributed by atoms with E-state index in [2.05, 4.69) is 83.4 Å². The molecule has 0 saturated carbocycles. The molecule has 0 bridgehead atoms. The summed E-state index contributed by atoms with van der Waals surface area (Å²) < 4.78 is 8.55. The highest BCUT2D eigenvalue weighted by molar-refractivity contribution is 5.64. The molecule has 8 heteroatoms. The topological polar surface area (TPSA) is 97.9 Å². The van der Waals surface area contributed by atoms with Gasteiger partial charge < -0.3 is 19.8 Å². The molecule has 2 aromatic heterocycles. The molecule has 2 heterocycles. The van der Waals surface area contributed by atoms with Gasteiger partial charge in [-0.1, -0.05) is 195 Å².